The van der Waals surface area contributed by atoms with E-state index in [9.17, 15) is 4.79 Å². The fourth-order valence-corrected chi connectivity index (χ4v) is 5.35. The Hall–Kier alpha value is -0.690. The molecule has 8 atom stereocenters. The molecule has 6 heteroatoms. The van der Waals surface area contributed by atoms with Gasteiger partial charge < -0.3 is 14.8 Å². The number of carbonyl (C=O) groups excluding carboxylic acids is 1. The largest absolute Gasteiger partial charge is 0.357 e. The normalized spacial score (nSPS) is 55.0. The molecule has 5 aliphatic rings. The lowest BCUT2D eigenvalue weighted by Gasteiger charge is -2.60. The number of ether oxygens (including phenoxy) is 2. The van der Waals surface area contributed by atoms with E-state index < -0.39 is 23.8 Å². The van der Waals surface area contributed by atoms with E-state index in [1.807, 2.05) is 6.92 Å². The van der Waals surface area contributed by atoms with Gasteiger partial charge in [-0.05, 0) is 43.9 Å². The van der Waals surface area contributed by atoms with Gasteiger partial charge in [0, 0.05) is 19.4 Å². The van der Waals surface area contributed by atoms with E-state index in [0.717, 1.165) is 25.7 Å². The zero-order valence-corrected chi connectivity index (χ0v) is 14.3. The van der Waals surface area contributed by atoms with E-state index in [4.69, 9.17) is 19.2 Å². The zero-order chi connectivity index (χ0) is 16.4. The van der Waals surface area contributed by atoms with Crippen LogP contribution in [0.2, 0.25) is 0 Å². The summed E-state index contributed by atoms with van der Waals surface area (Å²) in [5.74, 6) is 0.267. The highest BCUT2D eigenvalue weighted by Gasteiger charge is 2.69. The molecule has 0 unspecified atom stereocenters. The number of amides is 1. The van der Waals surface area contributed by atoms with Crippen molar-refractivity contribution >= 4 is 5.91 Å². The molecule has 1 saturated carbocycles. The van der Waals surface area contributed by atoms with Crippen LogP contribution in [0.5, 0.6) is 0 Å². The summed E-state index contributed by atoms with van der Waals surface area (Å²) in [4.78, 5) is 24.1. The third kappa shape index (κ3) is 2.05. The summed E-state index contributed by atoms with van der Waals surface area (Å²) >= 11 is 0. The van der Waals surface area contributed by atoms with Crippen molar-refractivity contribution in [2.45, 2.75) is 70.2 Å². The minimum atomic E-state index is -0.786. The van der Waals surface area contributed by atoms with E-state index in [1.165, 1.54) is 0 Å². The third-order valence-electron chi connectivity index (χ3n) is 6.66. The predicted octanol–water partition coefficient (Wildman–Crippen LogP) is 1.98. The molecule has 6 nitrogen and oxygen atoms in total. The van der Waals surface area contributed by atoms with Crippen LogP contribution in [-0.4, -0.2) is 36.7 Å². The maximum atomic E-state index is 12.3. The van der Waals surface area contributed by atoms with Gasteiger partial charge in [0.15, 0.2) is 11.9 Å². The second-order valence-corrected chi connectivity index (χ2v) is 7.94. The Morgan fingerprint density at radius 3 is 2.65 bits per heavy atom. The smallest absolute Gasteiger partial charge is 0.249 e. The van der Waals surface area contributed by atoms with E-state index >= 15 is 0 Å². The summed E-state index contributed by atoms with van der Waals surface area (Å²) in [7, 11) is 1.65. The van der Waals surface area contributed by atoms with Gasteiger partial charge in [0.25, 0.3) is 0 Å². The standard InChI is InChI=1S/C17H27NO5/c1-9-5-6-12-10(2)13(14(19)18-4)20-15-17(12)11(9)7-8-16(3,21-15)22-23-17/h9-13,15H,5-8H2,1-4H3,(H,18,19)/t9-,10-,11+,12+,13-,15-,16-,17-/m1/s1. The summed E-state index contributed by atoms with van der Waals surface area (Å²) in [5, 5.41) is 2.72. The van der Waals surface area contributed by atoms with Gasteiger partial charge in [-0.2, -0.15) is 0 Å². The molecule has 130 valence electrons. The van der Waals surface area contributed by atoms with Gasteiger partial charge in [-0.25, -0.2) is 9.78 Å². The lowest BCUT2D eigenvalue weighted by molar-refractivity contribution is -0.569. The number of fused-ring (bicyclic) bond motifs is 2. The second-order valence-electron chi connectivity index (χ2n) is 7.94. The van der Waals surface area contributed by atoms with Gasteiger partial charge in [0.1, 0.15) is 6.10 Å². The average molecular weight is 325 g/mol. The molecular formula is C17H27NO5. The first kappa shape index (κ1) is 15.8. The van der Waals surface area contributed by atoms with Crippen LogP contribution in [0.25, 0.3) is 0 Å². The molecule has 5 rings (SSSR count). The van der Waals surface area contributed by atoms with Crippen LogP contribution in [0.4, 0.5) is 0 Å². The fourth-order valence-electron chi connectivity index (χ4n) is 5.35. The van der Waals surface area contributed by atoms with Crippen LogP contribution >= 0.6 is 0 Å². The monoisotopic (exact) mass is 325 g/mol. The first-order chi connectivity index (χ1) is 10.9. The van der Waals surface area contributed by atoms with Crippen LogP contribution in [-0.2, 0) is 24.0 Å². The van der Waals surface area contributed by atoms with Crippen LogP contribution in [0.15, 0.2) is 0 Å². The SMILES string of the molecule is CNC(=O)[C@@H]1O[C@@H]2O[C@@]3(C)CC[C@H]4[C@H](C)CC[C@@H]([C@H]1C)[C@@]24OO3. The predicted molar refractivity (Wildman–Crippen MR) is 80.9 cm³/mol. The highest BCUT2D eigenvalue weighted by atomic mass is 17.3. The Kier molecular flexibility index (Phi) is 3.54. The minimum absolute atomic E-state index is 0.0656. The number of rotatable bonds is 1. The molecule has 1 spiro atoms. The third-order valence-corrected chi connectivity index (χ3v) is 6.66. The van der Waals surface area contributed by atoms with Gasteiger partial charge in [-0.1, -0.05) is 13.8 Å². The maximum Gasteiger partial charge on any atom is 0.249 e. The number of hydrogen-bond acceptors (Lipinski definition) is 5. The van der Waals surface area contributed by atoms with Crippen molar-refractivity contribution in [3.8, 4) is 0 Å². The number of carbonyl (C=O) groups is 1. The van der Waals surface area contributed by atoms with Crippen LogP contribution < -0.4 is 5.32 Å². The first-order valence-corrected chi connectivity index (χ1v) is 8.83. The topological polar surface area (TPSA) is 66.0 Å². The van der Waals surface area contributed by atoms with Crippen LogP contribution in [0.1, 0.15) is 46.5 Å². The highest BCUT2D eigenvalue weighted by Crippen LogP contribution is 2.60. The molecule has 4 heterocycles. The Bertz CT molecular complexity index is 513. The van der Waals surface area contributed by atoms with Crippen molar-refractivity contribution in [1.82, 2.24) is 5.32 Å². The van der Waals surface area contributed by atoms with Crippen molar-refractivity contribution in [3.05, 3.63) is 0 Å². The van der Waals surface area contributed by atoms with E-state index in [2.05, 4.69) is 19.2 Å². The van der Waals surface area contributed by atoms with Gasteiger partial charge in [0.05, 0.1) is 0 Å². The molecule has 5 fully saturated rings. The van der Waals surface area contributed by atoms with Crippen LogP contribution in [0, 0.1) is 23.7 Å². The van der Waals surface area contributed by atoms with E-state index in [1.54, 1.807) is 7.05 Å². The van der Waals surface area contributed by atoms with Crippen molar-refractivity contribution in [2.24, 2.45) is 23.7 Å². The van der Waals surface area contributed by atoms with E-state index in [-0.39, 0.29) is 17.7 Å². The molecule has 1 N–H and O–H groups in total. The lowest BCUT2D eigenvalue weighted by atomic mass is 9.57. The molecule has 23 heavy (non-hydrogen) atoms. The molecule has 4 aliphatic heterocycles. The van der Waals surface area contributed by atoms with Gasteiger partial charge in [-0.15, -0.1) is 0 Å². The quantitative estimate of drug-likeness (QED) is 0.747. The Morgan fingerprint density at radius 2 is 1.91 bits per heavy atom. The first-order valence-electron chi connectivity index (χ1n) is 8.83. The summed E-state index contributed by atoms with van der Waals surface area (Å²) in [6.45, 7) is 6.27. The fraction of sp³-hybridized carbons (Fsp3) is 0.941. The van der Waals surface area contributed by atoms with Gasteiger partial charge in [0.2, 0.25) is 11.7 Å². The summed E-state index contributed by atoms with van der Waals surface area (Å²) in [6, 6.07) is 0. The highest BCUT2D eigenvalue weighted by molar-refractivity contribution is 5.81. The van der Waals surface area contributed by atoms with E-state index in [0.29, 0.717) is 11.8 Å². The Balaban J connectivity index is 1.77. The van der Waals surface area contributed by atoms with Crippen molar-refractivity contribution < 1.29 is 24.0 Å². The number of likely N-dealkylation sites (N-methyl/N-ethyl adjacent to an activating group) is 1. The molecule has 4 saturated heterocycles. The average Bonchev–Trinajstić information content (AvgIpc) is 2.76. The zero-order valence-electron chi connectivity index (χ0n) is 14.3. The summed E-state index contributed by atoms with van der Waals surface area (Å²) < 4.78 is 12.4. The summed E-state index contributed by atoms with van der Waals surface area (Å²) in [6.07, 6.45) is 2.91. The second kappa shape index (κ2) is 5.15. The molecule has 0 aromatic carbocycles. The summed E-state index contributed by atoms with van der Waals surface area (Å²) in [5.41, 5.74) is -0.586. The number of hydrogen-bond donors (Lipinski definition) is 1. The molecule has 2 bridgehead atoms. The maximum absolute atomic E-state index is 12.3. The minimum Gasteiger partial charge on any atom is -0.357 e. The van der Waals surface area contributed by atoms with Gasteiger partial charge >= 0.3 is 0 Å². The lowest BCUT2D eigenvalue weighted by Crippen LogP contribution is -2.71. The molecule has 1 amide bonds. The van der Waals surface area contributed by atoms with Crippen molar-refractivity contribution in [3.63, 3.8) is 0 Å². The molecule has 1 aliphatic carbocycles. The number of nitrogens with one attached hydrogen (secondary N) is 1. The molecule has 0 aromatic rings. The molecule has 0 aromatic heterocycles. The Labute approximate surface area is 137 Å². The van der Waals surface area contributed by atoms with Gasteiger partial charge in [-0.3, -0.25) is 4.79 Å². The molecular weight excluding hydrogens is 298 g/mol. The molecule has 0 radical (unpaired) electrons. The Morgan fingerprint density at radius 1 is 1.13 bits per heavy atom. The van der Waals surface area contributed by atoms with Crippen molar-refractivity contribution in [1.29, 1.82) is 0 Å². The van der Waals surface area contributed by atoms with Crippen molar-refractivity contribution in [2.75, 3.05) is 7.05 Å². The van der Waals surface area contributed by atoms with Crippen LogP contribution in [0.3, 0.4) is 0 Å².